The zero-order valence-corrected chi connectivity index (χ0v) is 12.6. The van der Waals surface area contributed by atoms with E-state index in [9.17, 15) is 0 Å². The van der Waals surface area contributed by atoms with Gasteiger partial charge in [0.15, 0.2) is 0 Å². The molecule has 0 aliphatic heterocycles. The molecule has 0 amide bonds. The molecule has 0 aliphatic rings. The average Bonchev–Trinajstić information content (AvgIpc) is 2.74. The Balaban J connectivity index is 2.62. The summed E-state index contributed by atoms with van der Waals surface area (Å²) in [5, 5.41) is 0. The quantitative estimate of drug-likeness (QED) is 0.532. The summed E-state index contributed by atoms with van der Waals surface area (Å²) < 4.78 is 0. The van der Waals surface area contributed by atoms with Gasteiger partial charge in [-0.1, -0.05) is 52.9 Å². The molecule has 0 aliphatic carbocycles. The van der Waals surface area contributed by atoms with Crippen LogP contribution in [0, 0.1) is 0 Å². The fourth-order valence-corrected chi connectivity index (χ4v) is 2.67. The van der Waals surface area contributed by atoms with Crippen molar-refractivity contribution < 1.29 is 0 Å². The van der Waals surface area contributed by atoms with Crippen LogP contribution in [0.15, 0.2) is 6.20 Å². The minimum absolute atomic E-state index is 1.24. The van der Waals surface area contributed by atoms with Gasteiger partial charge in [0.25, 0.3) is 0 Å². The third-order valence-corrected chi connectivity index (χ3v) is 3.75. The number of hydrogen-bond donors (Lipinski definition) is 1. The van der Waals surface area contributed by atoms with Gasteiger partial charge in [-0.25, -0.2) is 0 Å². The highest BCUT2D eigenvalue weighted by molar-refractivity contribution is 5.31. The van der Waals surface area contributed by atoms with Gasteiger partial charge < -0.3 is 4.98 Å². The van der Waals surface area contributed by atoms with Crippen molar-refractivity contribution >= 4 is 0 Å². The summed E-state index contributed by atoms with van der Waals surface area (Å²) in [7, 11) is 0. The van der Waals surface area contributed by atoms with Gasteiger partial charge in [0.05, 0.1) is 0 Å². The lowest BCUT2D eigenvalue weighted by atomic mass is 9.98. The summed E-state index contributed by atoms with van der Waals surface area (Å²) in [5.74, 6) is 0. The fraction of sp³-hybridized carbons (Fsp3) is 0.765. The van der Waals surface area contributed by atoms with Crippen LogP contribution in [0.3, 0.4) is 0 Å². The van der Waals surface area contributed by atoms with Crippen LogP contribution in [-0.4, -0.2) is 4.98 Å². The van der Waals surface area contributed by atoms with Crippen molar-refractivity contribution in [1.82, 2.24) is 4.98 Å². The third kappa shape index (κ3) is 4.88. The molecular formula is C17H31N. The van der Waals surface area contributed by atoms with Crippen LogP contribution in [0.25, 0.3) is 0 Å². The van der Waals surface area contributed by atoms with Crippen LogP contribution in [0.2, 0.25) is 0 Å². The number of H-pyrrole nitrogens is 1. The predicted molar refractivity (Wildman–Crippen MR) is 81.2 cm³/mol. The zero-order chi connectivity index (χ0) is 13.2. The minimum Gasteiger partial charge on any atom is -0.364 e. The number of hydrogen-bond acceptors (Lipinski definition) is 0. The molecule has 0 aromatic carbocycles. The molecule has 0 saturated heterocycles. The van der Waals surface area contributed by atoms with Crippen LogP contribution in [0.4, 0.5) is 0 Å². The standard InChI is InChI=1S/C17H31N/c1-4-7-9-12-16-15(11-6-3)14-18-17(16)13-10-8-5-2/h14,18H,4-13H2,1-3H3. The molecule has 104 valence electrons. The first-order chi connectivity index (χ1) is 8.83. The molecule has 1 nitrogen and oxygen atoms in total. The van der Waals surface area contributed by atoms with Crippen molar-refractivity contribution in [1.29, 1.82) is 0 Å². The molecule has 1 heterocycles. The van der Waals surface area contributed by atoms with E-state index in [1.807, 2.05) is 0 Å². The molecule has 0 unspecified atom stereocenters. The molecule has 1 rings (SSSR count). The van der Waals surface area contributed by atoms with Gasteiger partial charge in [0, 0.05) is 11.9 Å². The Bertz CT molecular complexity index is 311. The van der Waals surface area contributed by atoms with Gasteiger partial charge in [-0.2, -0.15) is 0 Å². The normalized spacial score (nSPS) is 11.1. The Morgan fingerprint density at radius 2 is 1.44 bits per heavy atom. The van der Waals surface area contributed by atoms with Gasteiger partial charge >= 0.3 is 0 Å². The molecule has 18 heavy (non-hydrogen) atoms. The highest BCUT2D eigenvalue weighted by atomic mass is 14.7. The Kier molecular flexibility index (Phi) is 7.88. The lowest BCUT2D eigenvalue weighted by molar-refractivity contribution is 0.685. The molecular weight excluding hydrogens is 218 g/mol. The number of aryl methyl sites for hydroxylation is 2. The molecule has 0 fully saturated rings. The van der Waals surface area contributed by atoms with E-state index in [4.69, 9.17) is 0 Å². The van der Waals surface area contributed by atoms with Gasteiger partial charge in [0.2, 0.25) is 0 Å². The largest absolute Gasteiger partial charge is 0.364 e. The first-order valence-corrected chi connectivity index (χ1v) is 8.01. The smallest absolute Gasteiger partial charge is 0.0182 e. The summed E-state index contributed by atoms with van der Waals surface area (Å²) in [4.78, 5) is 3.54. The Labute approximate surface area is 113 Å². The van der Waals surface area contributed by atoms with E-state index in [-0.39, 0.29) is 0 Å². The summed E-state index contributed by atoms with van der Waals surface area (Å²) in [6.45, 7) is 6.84. The van der Waals surface area contributed by atoms with Crippen molar-refractivity contribution in [2.45, 2.75) is 85.0 Å². The third-order valence-electron chi connectivity index (χ3n) is 3.75. The van der Waals surface area contributed by atoms with E-state index in [1.54, 1.807) is 11.1 Å². The highest BCUT2D eigenvalue weighted by Gasteiger charge is 2.09. The van der Waals surface area contributed by atoms with Crippen LogP contribution in [0.1, 0.15) is 82.5 Å². The Morgan fingerprint density at radius 3 is 2.06 bits per heavy atom. The van der Waals surface area contributed by atoms with Crippen molar-refractivity contribution in [3.05, 3.63) is 23.0 Å². The van der Waals surface area contributed by atoms with E-state index < -0.39 is 0 Å². The molecule has 1 aromatic heterocycles. The van der Waals surface area contributed by atoms with Gasteiger partial charge in [0.1, 0.15) is 0 Å². The summed E-state index contributed by atoms with van der Waals surface area (Å²) in [5.41, 5.74) is 4.77. The van der Waals surface area contributed by atoms with Gasteiger partial charge in [-0.3, -0.25) is 0 Å². The topological polar surface area (TPSA) is 15.8 Å². The van der Waals surface area contributed by atoms with Crippen molar-refractivity contribution in [3.8, 4) is 0 Å². The molecule has 0 saturated carbocycles. The van der Waals surface area contributed by atoms with Crippen molar-refractivity contribution in [2.24, 2.45) is 0 Å². The summed E-state index contributed by atoms with van der Waals surface area (Å²) >= 11 is 0. The molecule has 0 atom stereocenters. The average molecular weight is 249 g/mol. The van der Waals surface area contributed by atoms with Crippen LogP contribution in [-0.2, 0) is 19.3 Å². The van der Waals surface area contributed by atoms with E-state index in [1.165, 1.54) is 69.9 Å². The SMILES string of the molecule is CCCCCc1[nH]cc(CCC)c1CCCCC. The number of unbranched alkanes of at least 4 members (excludes halogenated alkanes) is 4. The maximum atomic E-state index is 3.54. The first kappa shape index (κ1) is 15.3. The van der Waals surface area contributed by atoms with Crippen molar-refractivity contribution in [2.75, 3.05) is 0 Å². The van der Waals surface area contributed by atoms with E-state index in [0.29, 0.717) is 0 Å². The van der Waals surface area contributed by atoms with Crippen molar-refractivity contribution in [3.63, 3.8) is 0 Å². The predicted octanol–water partition coefficient (Wildman–Crippen LogP) is 5.43. The maximum Gasteiger partial charge on any atom is 0.0182 e. The second-order valence-corrected chi connectivity index (χ2v) is 5.44. The second-order valence-electron chi connectivity index (χ2n) is 5.44. The summed E-state index contributed by atoms with van der Waals surface area (Å²) in [6.07, 6.45) is 15.3. The van der Waals surface area contributed by atoms with Crippen LogP contribution < -0.4 is 0 Å². The number of aromatic nitrogens is 1. The van der Waals surface area contributed by atoms with Crippen LogP contribution >= 0.6 is 0 Å². The molecule has 1 N–H and O–H groups in total. The van der Waals surface area contributed by atoms with Gasteiger partial charge in [-0.05, 0) is 43.2 Å². The lowest BCUT2D eigenvalue weighted by Gasteiger charge is -2.07. The molecule has 1 heteroatoms. The zero-order valence-electron chi connectivity index (χ0n) is 12.6. The van der Waals surface area contributed by atoms with E-state index in [0.717, 1.165) is 0 Å². The molecule has 1 aromatic rings. The Hall–Kier alpha value is -0.720. The molecule has 0 spiro atoms. The number of rotatable bonds is 10. The fourth-order valence-electron chi connectivity index (χ4n) is 2.67. The highest BCUT2D eigenvalue weighted by Crippen LogP contribution is 2.21. The maximum absolute atomic E-state index is 3.54. The molecule has 0 bridgehead atoms. The lowest BCUT2D eigenvalue weighted by Crippen LogP contribution is -1.96. The number of aromatic amines is 1. The van der Waals surface area contributed by atoms with Crippen LogP contribution in [0.5, 0.6) is 0 Å². The second kappa shape index (κ2) is 9.24. The first-order valence-electron chi connectivity index (χ1n) is 8.01. The number of nitrogens with one attached hydrogen (secondary N) is 1. The van der Waals surface area contributed by atoms with Gasteiger partial charge in [-0.15, -0.1) is 0 Å². The monoisotopic (exact) mass is 249 g/mol. The Morgan fingerprint density at radius 1 is 0.778 bits per heavy atom. The molecule has 0 radical (unpaired) electrons. The summed E-state index contributed by atoms with van der Waals surface area (Å²) in [6, 6.07) is 0. The van der Waals surface area contributed by atoms with E-state index in [2.05, 4.69) is 32.0 Å². The van der Waals surface area contributed by atoms with E-state index >= 15 is 0 Å². The minimum atomic E-state index is 1.24.